The van der Waals surface area contributed by atoms with Gasteiger partial charge in [0.25, 0.3) is 0 Å². The number of halogens is 1. The van der Waals surface area contributed by atoms with Crippen molar-refractivity contribution in [1.82, 2.24) is 0 Å². The van der Waals surface area contributed by atoms with Gasteiger partial charge in [-0.3, -0.25) is 0 Å². The number of carboxylic acids is 1. The molecule has 16 heavy (non-hydrogen) atoms. The molecule has 0 amide bonds. The summed E-state index contributed by atoms with van der Waals surface area (Å²) in [6.07, 6.45) is 1.13. The highest BCUT2D eigenvalue weighted by Crippen LogP contribution is 2.15. The van der Waals surface area contributed by atoms with Gasteiger partial charge in [-0.05, 0) is 24.1 Å². The SMILES string of the molecule is CC(=CC(=O)O)COCc1ccccc1Cl. The van der Waals surface area contributed by atoms with Gasteiger partial charge in [-0.15, -0.1) is 0 Å². The van der Waals surface area contributed by atoms with Crippen molar-refractivity contribution in [2.75, 3.05) is 6.61 Å². The van der Waals surface area contributed by atoms with Crippen molar-refractivity contribution in [1.29, 1.82) is 0 Å². The molecule has 1 rings (SSSR count). The van der Waals surface area contributed by atoms with Crippen LogP contribution in [0.5, 0.6) is 0 Å². The van der Waals surface area contributed by atoms with Gasteiger partial charge >= 0.3 is 5.97 Å². The van der Waals surface area contributed by atoms with E-state index < -0.39 is 5.97 Å². The summed E-state index contributed by atoms with van der Waals surface area (Å²) in [4.78, 5) is 10.3. The topological polar surface area (TPSA) is 46.5 Å². The molecule has 0 atom stereocenters. The second-order valence-corrected chi connectivity index (χ2v) is 3.82. The van der Waals surface area contributed by atoms with E-state index in [0.29, 0.717) is 17.2 Å². The first-order chi connectivity index (χ1) is 7.59. The standard InChI is InChI=1S/C12H13ClO3/c1-9(6-12(14)15)7-16-8-10-4-2-3-5-11(10)13/h2-6H,7-8H2,1H3,(H,14,15). The van der Waals surface area contributed by atoms with Crippen LogP contribution in [0.1, 0.15) is 12.5 Å². The average molecular weight is 241 g/mol. The molecule has 1 aromatic carbocycles. The molecule has 0 saturated carbocycles. The Bertz CT molecular complexity index is 399. The summed E-state index contributed by atoms with van der Waals surface area (Å²) in [5, 5.41) is 9.15. The van der Waals surface area contributed by atoms with E-state index in [2.05, 4.69) is 0 Å². The van der Waals surface area contributed by atoms with Crippen LogP contribution in [0.4, 0.5) is 0 Å². The quantitative estimate of drug-likeness (QED) is 0.805. The van der Waals surface area contributed by atoms with Crippen molar-refractivity contribution in [2.24, 2.45) is 0 Å². The number of benzene rings is 1. The molecule has 0 radical (unpaired) electrons. The van der Waals surface area contributed by atoms with Gasteiger partial charge < -0.3 is 9.84 Å². The number of carboxylic acid groups (broad SMARTS) is 1. The van der Waals surface area contributed by atoms with Crippen LogP contribution in [0.3, 0.4) is 0 Å². The smallest absolute Gasteiger partial charge is 0.328 e. The van der Waals surface area contributed by atoms with Crippen LogP contribution in [0, 0.1) is 0 Å². The van der Waals surface area contributed by atoms with Crippen LogP contribution in [-0.2, 0) is 16.1 Å². The Morgan fingerprint density at radius 3 is 2.81 bits per heavy atom. The maximum Gasteiger partial charge on any atom is 0.328 e. The summed E-state index contributed by atoms with van der Waals surface area (Å²) in [7, 11) is 0. The average Bonchev–Trinajstić information content (AvgIpc) is 2.19. The summed E-state index contributed by atoms with van der Waals surface area (Å²) in [5.41, 5.74) is 1.56. The predicted octanol–water partition coefficient (Wildman–Crippen LogP) is 2.89. The molecule has 0 aliphatic rings. The summed E-state index contributed by atoms with van der Waals surface area (Å²) < 4.78 is 5.35. The number of carbonyl (C=O) groups is 1. The van der Waals surface area contributed by atoms with Gasteiger partial charge in [0.05, 0.1) is 13.2 Å². The minimum absolute atomic E-state index is 0.289. The lowest BCUT2D eigenvalue weighted by Gasteiger charge is -2.05. The van der Waals surface area contributed by atoms with Crippen molar-refractivity contribution in [2.45, 2.75) is 13.5 Å². The molecule has 0 saturated heterocycles. The Balaban J connectivity index is 2.42. The van der Waals surface area contributed by atoms with Gasteiger partial charge in [-0.25, -0.2) is 4.79 Å². The zero-order valence-corrected chi connectivity index (χ0v) is 9.70. The third kappa shape index (κ3) is 4.47. The van der Waals surface area contributed by atoms with Crippen LogP contribution in [-0.4, -0.2) is 17.7 Å². The Kier molecular flexibility index (Phi) is 5.02. The fourth-order valence-corrected chi connectivity index (χ4v) is 1.38. The minimum Gasteiger partial charge on any atom is -0.478 e. The predicted molar refractivity (Wildman–Crippen MR) is 62.5 cm³/mol. The molecule has 1 N–H and O–H groups in total. The molecule has 0 aromatic heterocycles. The molecule has 0 aliphatic carbocycles. The van der Waals surface area contributed by atoms with E-state index in [1.54, 1.807) is 13.0 Å². The van der Waals surface area contributed by atoms with Gasteiger partial charge in [-0.1, -0.05) is 29.8 Å². The molecule has 0 unspecified atom stereocenters. The maximum absolute atomic E-state index is 10.3. The summed E-state index contributed by atoms with van der Waals surface area (Å²) in [6.45, 7) is 2.38. The van der Waals surface area contributed by atoms with Crippen molar-refractivity contribution >= 4 is 17.6 Å². The fraction of sp³-hybridized carbons (Fsp3) is 0.250. The zero-order chi connectivity index (χ0) is 12.0. The molecule has 0 bridgehead atoms. The van der Waals surface area contributed by atoms with Crippen LogP contribution < -0.4 is 0 Å². The van der Waals surface area contributed by atoms with Crippen LogP contribution in [0.25, 0.3) is 0 Å². The molecule has 0 heterocycles. The normalized spacial score (nSPS) is 11.5. The molecule has 0 fully saturated rings. The molecule has 1 aromatic rings. The van der Waals surface area contributed by atoms with Gasteiger partial charge in [0.15, 0.2) is 0 Å². The molecule has 0 spiro atoms. The van der Waals surface area contributed by atoms with E-state index in [9.17, 15) is 4.79 Å². The third-order valence-corrected chi connectivity index (χ3v) is 2.28. The zero-order valence-electron chi connectivity index (χ0n) is 8.94. The van der Waals surface area contributed by atoms with E-state index in [0.717, 1.165) is 11.6 Å². The minimum atomic E-state index is -0.959. The van der Waals surface area contributed by atoms with Crippen molar-refractivity contribution in [3.05, 3.63) is 46.5 Å². The molecule has 0 aliphatic heterocycles. The lowest BCUT2D eigenvalue weighted by Crippen LogP contribution is -1.99. The van der Waals surface area contributed by atoms with Crippen molar-refractivity contribution in [3.63, 3.8) is 0 Å². The summed E-state index contributed by atoms with van der Waals surface area (Å²) >= 11 is 5.94. The van der Waals surface area contributed by atoms with Gasteiger partial charge in [0.1, 0.15) is 0 Å². The largest absolute Gasteiger partial charge is 0.478 e. The van der Waals surface area contributed by atoms with E-state index in [4.69, 9.17) is 21.4 Å². The van der Waals surface area contributed by atoms with Crippen LogP contribution in [0.2, 0.25) is 5.02 Å². The van der Waals surface area contributed by atoms with E-state index in [1.807, 2.05) is 18.2 Å². The molecular weight excluding hydrogens is 228 g/mol. The fourth-order valence-electron chi connectivity index (χ4n) is 1.19. The highest BCUT2D eigenvalue weighted by Gasteiger charge is 1.99. The lowest BCUT2D eigenvalue weighted by atomic mass is 10.2. The monoisotopic (exact) mass is 240 g/mol. The molecule has 86 valence electrons. The second-order valence-electron chi connectivity index (χ2n) is 3.41. The number of aliphatic carboxylic acids is 1. The highest BCUT2D eigenvalue weighted by molar-refractivity contribution is 6.31. The van der Waals surface area contributed by atoms with Gasteiger partial charge in [-0.2, -0.15) is 0 Å². The van der Waals surface area contributed by atoms with E-state index in [1.165, 1.54) is 0 Å². The van der Waals surface area contributed by atoms with E-state index >= 15 is 0 Å². The molecule has 3 nitrogen and oxygen atoms in total. The summed E-state index contributed by atoms with van der Waals surface area (Å²) in [6, 6.07) is 7.39. The first-order valence-electron chi connectivity index (χ1n) is 4.81. The highest BCUT2D eigenvalue weighted by atomic mass is 35.5. The van der Waals surface area contributed by atoms with Gasteiger partial charge in [0.2, 0.25) is 0 Å². The van der Waals surface area contributed by atoms with Crippen LogP contribution >= 0.6 is 11.6 Å². The number of ether oxygens (including phenoxy) is 1. The Morgan fingerprint density at radius 2 is 2.19 bits per heavy atom. The maximum atomic E-state index is 10.3. The van der Waals surface area contributed by atoms with Gasteiger partial charge in [0, 0.05) is 11.1 Å². The van der Waals surface area contributed by atoms with E-state index in [-0.39, 0.29) is 6.61 Å². The summed E-state index contributed by atoms with van der Waals surface area (Å²) in [5.74, 6) is -0.959. The number of rotatable bonds is 5. The number of hydrogen-bond donors (Lipinski definition) is 1. The third-order valence-electron chi connectivity index (χ3n) is 1.92. The first kappa shape index (κ1) is 12.7. The molecule has 4 heteroatoms. The molecular formula is C12H13ClO3. The second kappa shape index (κ2) is 6.30. The lowest BCUT2D eigenvalue weighted by molar-refractivity contribution is -0.131. The van der Waals surface area contributed by atoms with Crippen molar-refractivity contribution < 1.29 is 14.6 Å². The Hall–Kier alpha value is -1.32. The first-order valence-corrected chi connectivity index (χ1v) is 5.18. The Labute approximate surface area is 99.3 Å². The number of hydrogen-bond acceptors (Lipinski definition) is 2. The Morgan fingerprint density at radius 1 is 1.50 bits per heavy atom. The van der Waals surface area contributed by atoms with Crippen LogP contribution in [0.15, 0.2) is 35.9 Å². The van der Waals surface area contributed by atoms with Crippen molar-refractivity contribution in [3.8, 4) is 0 Å².